The van der Waals surface area contributed by atoms with E-state index in [-0.39, 0.29) is 5.91 Å². The molecule has 1 amide bonds. The number of hydrogen-bond acceptors (Lipinski definition) is 2. The molecule has 0 aromatic heterocycles. The Balaban J connectivity index is 2.06. The molecule has 2 rings (SSSR count). The van der Waals surface area contributed by atoms with E-state index in [0.717, 1.165) is 12.2 Å². The van der Waals surface area contributed by atoms with Crippen LogP contribution in [0.2, 0.25) is 0 Å². The first-order valence-electron chi connectivity index (χ1n) is 5.36. The second kappa shape index (κ2) is 4.45. The first-order chi connectivity index (χ1) is 7.25. The smallest absolute Gasteiger partial charge is 0.221 e. The van der Waals surface area contributed by atoms with Crippen LogP contribution in [0.1, 0.15) is 31.4 Å². The first kappa shape index (κ1) is 10.2. The number of benzene rings is 1. The van der Waals surface area contributed by atoms with E-state index in [1.54, 1.807) is 0 Å². The van der Waals surface area contributed by atoms with Gasteiger partial charge in [0, 0.05) is 18.7 Å². The fraction of sp³-hybridized carbons (Fsp3) is 0.417. The van der Waals surface area contributed by atoms with Gasteiger partial charge in [-0.2, -0.15) is 0 Å². The molecule has 15 heavy (non-hydrogen) atoms. The van der Waals surface area contributed by atoms with Crippen molar-refractivity contribution in [2.45, 2.75) is 25.8 Å². The summed E-state index contributed by atoms with van der Waals surface area (Å²) in [6.45, 7) is 2.63. The summed E-state index contributed by atoms with van der Waals surface area (Å²) in [6, 6.07) is 8.56. The van der Waals surface area contributed by atoms with Crippen molar-refractivity contribution in [3.63, 3.8) is 0 Å². The van der Waals surface area contributed by atoms with Crippen LogP contribution in [0.25, 0.3) is 0 Å². The monoisotopic (exact) mass is 204 g/mol. The molecule has 3 heteroatoms. The number of rotatable bonds is 2. The van der Waals surface area contributed by atoms with Gasteiger partial charge < -0.3 is 10.6 Å². The van der Waals surface area contributed by atoms with Crippen molar-refractivity contribution in [2.24, 2.45) is 0 Å². The maximum Gasteiger partial charge on any atom is 0.221 e. The molecular formula is C12H16N2O. The van der Waals surface area contributed by atoms with E-state index in [2.05, 4.69) is 22.8 Å². The van der Waals surface area contributed by atoms with Crippen LogP contribution >= 0.6 is 0 Å². The molecule has 0 spiro atoms. The lowest BCUT2D eigenvalue weighted by atomic mass is 10.1. The van der Waals surface area contributed by atoms with Crippen LogP contribution in [0.15, 0.2) is 24.3 Å². The highest BCUT2D eigenvalue weighted by Gasteiger charge is 2.15. The SMILES string of the molecule is CC(=O)Nc1ccc([C@H]2CCCN2)cc1. The van der Waals surface area contributed by atoms with E-state index in [9.17, 15) is 4.79 Å². The summed E-state index contributed by atoms with van der Waals surface area (Å²) >= 11 is 0. The van der Waals surface area contributed by atoms with E-state index >= 15 is 0 Å². The minimum atomic E-state index is -0.0262. The Morgan fingerprint density at radius 1 is 1.40 bits per heavy atom. The third kappa shape index (κ3) is 2.57. The lowest BCUT2D eigenvalue weighted by Gasteiger charge is -2.11. The van der Waals surface area contributed by atoms with Crippen LogP contribution in [0.4, 0.5) is 5.69 Å². The zero-order valence-corrected chi connectivity index (χ0v) is 8.92. The normalized spacial score (nSPS) is 20.2. The van der Waals surface area contributed by atoms with E-state index in [1.165, 1.54) is 25.3 Å². The number of amides is 1. The fourth-order valence-electron chi connectivity index (χ4n) is 1.97. The van der Waals surface area contributed by atoms with Crippen LogP contribution in [0.3, 0.4) is 0 Å². The summed E-state index contributed by atoms with van der Waals surface area (Å²) in [6.07, 6.45) is 2.46. The first-order valence-corrected chi connectivity index (χ1v) is 5.36. The van der Waals surface area contributed by atoms with Gasteiger partial charge in [-0.3, -0.25) is 4.79 Å². The second-order valence-electron chi connectivity index (χ2n) is 3.95. The Bertz CT molecular complexity index is 339. The fourth-order valence-corrected chi connectivity index (χ4v) is 1.97. The molecule has 1 aliphatic heterocycles. The van der Waals surface area contributed by atoms with Gasteiger partial charge in [0.1, 0.15) is 0 Å². The van der Waals surface area contributed by atoms with Gasteiger partial charge in [0.05, 0.1) is 0 Å². The van der Waals surface area contributed by atoms with Crippen LogP contribution in [0, 0.1) is 0 Å². The van der Waals surface area contributed by atoms with E-state index in [1.807, 2.05) is 12.1 Å². The predicted molar refractivity (Wildman–Crippen MR) is 60.7 cm³/mol. The van der Waals surface area contributed by atoms with Crippen molar-refractivity contribution in [1.29, 1.82) is 0 Å². The topological polar surface area (TPSA) is 41.1 Å². The second-order valence-corrected chi connectivity index (χ2v) is 3.95. The molecule has 3 nitrogen and oxygen atoms in total. The molecule has 80 valence electrons. The van der Waals surface area contributed by atoms with Crippen LogP contribution in [0.5, 0.6) is 0 Å². The van der Waals surface area contributed by atoms with Gasteiger partial charge in [-0.1, -0.05) is 12.1 Å². The van der Waals surface area contributed by atoms with Gasteiger partial charge in [0.25, 0.3) is 0 Å². The molecule has 0 radical (unpaired) electrons. The molecule has 1 aromatic rings. The zero-order chi connectivity index (χ0) is 10.7. The van der Waals surface area contributed by atoms with Gasteiger partial charge in [0.2, 0.25) is 5.91 Å². The molecule has 0 bridgehead atoms. The molecule has 0 unspecified atom stereocenters. The summed E-state index contributed by atoms with van der Waals surface area (Å²) in [5, 5.41) is 6.21. The van der Waals surface area contributed by atoms with Crippen LogP contribution in [-0.4, -0.2) is 12.5 Å². The predicted octanol–water partition coefficient (Wildman–Crippen LogP) is 2.07. The van der Waals surface area contributed by atoms with Gasteiger partial charge in [-0.25, -0.2) is 0 Å². The van der Waals surface area contributed by atoms with Crippen molar-refractivity contribution in [3.8, 4) is 0 Å². The zero-order valence-electron chi connectivity index (χ0n) is 8.92. The number of hydrogen-bond donors (Lipinski definition) is 2. The van der Waals surface area contributed by atoms with E-state index in [4.69, 9.17) is 0 Å². The highest BCUT2D eigenvalue weighted by Crippen LogP contribution is 2.23. The third-order valence-corrected chi connectivity index (χ3v) is 2.69. The summed E-state index contributed by atoms with van der Waals surface area (Å²) < 4.78 is 0. The number of carbonyl (C=O) groups is 1. The molecule has 1 fully saturated rings. The van der Waals surface area contributed by atoms with Crippen molar-refractivity contribution >= 4 is 11.6 Å². The summed E-state index contributed by atoms with van der Waals surface area (Å²) in [7, 11) is 0. The maximum absolute atomic E-state index is 10.8. The minimum Gasteiger partial charge on any atom is -0.326 e. The van der Waals surface area contributed by atoms with E-state index in [0.29, 0.717) is 6.04 Å². The maximum atomic E-state index is 10.8. The van der Waals surface area contributed by atoms with Gasteiger partial charge in [-0.05, 0) is 37.1 Å². The summed E-state index contributed by atoms with van der Waals surface area (Å²) in [5.41, 5.74) is 2.17. The van der Waals surface area contributed by atoms with Gasteiger partial charge >= 0.3 is 0 Å². The highest BCUT2D eigenvalue weighted by atomic mass is 16.1. The lowest BCUT2D eigenvalue weighted by Crippen LogP contribution is -2.13. The van der Waals surface area contributed by atoms with Crippen molar-refractivity contribution in [3.05, 3.63) is 29.8 Å². The molecule has 2 N–H and O–H groups in total. The quantitative estimate of drug-likeness (QED) is 0.774. The Morgan fingerprint density at radius 3 is 2.67 bits per heavy atom. The van der Waals surface area contributed by atoms with Crippen molar-refractivity contribution in [1.82, 2.24) is 5.32 Å². The van der Waals surface area contributed by atoms with Gasteiger partial charge in [-0.15, -0.1) is 0 Å². The summed E-state index contributed by atoms with van der Waals surface area (Å²) in [5.74, 6) is -0.0262. The molecule has 1 saturated heterocycles. The molecule has 1 atom stereocenters. The highest BCUT2D eigenvalue weighted by molar-refractivity contribution is 5.88. The van der Waals surface area contributed by atoms with E-state index < -0.39 is 0 Å². The average Bonchev–Trinajstić information content (AvgIpc) is 2.71. The van der Waals surface area contributed by atoms with Gasteiger partial charge in [0.15, 0.2) is 0 Å². The Labute approximate surface area is 89.9 Å². The molecule has 0 saturated carbocycles. The number of nitrogens with one attached hydrogen (secondary N) is 2. The number of carbonyl (C=O) groups excluding carboxylic acids is 1. The van der Waals surface area contributed by atoms with Crippen LogP contribution < -0.4 is 10.6 Å². The summed E-state index contributed by atoms with van der Waals surface area (Å²) in [4.78, 5) is 10.8. The molecule has 0 aliphatic carbocycles. The Kier molecular flexibility index (Phi) is 3.02. The largest absolute Gasteiger partial charge is 0.326 e. The molecule has 1 aromatic carbocycles. The molecular weight excluding hydrogens is 188 g/mol. The standard InChI is InChI=1S/C12H16N2O/c1-9(15)14-11-6-4-10(5-7-11)12-3-2-8-13-12/h4-7,12-13H,2-3,8H2,1H3,(H,14,15)/t12-/m1/s1. The average molecular weight is 204 g/mol. The van der Waals surface area contributed by atoms with Crippen LogP contribution in [-0.2, 0) is 4.79 Å². The Hall–Kier alpha value is -1.35. The molecule has 1 aliphatic rings. The van der Waals surface area contributed by atoms with Crippen molar-refractivity contribution in [2.75, 3.05) is 11.9 Å². The minimum absolute atomic E-state index is 0.0262. The Morgan fingerprint density at radius 2 is 2.13 bits per heavy atom. The molecule has 1 heterocycles. The number of anilines is 1. The third-order valence-electron chi connectivity index (χ3n) is 2.69. The lowest BCUT2D eigenvalue weighted by molar-refractivity contribution is -0.114. The van der Waals surface area contributed by atoms with Crippen molar-refractivity contribution < 1.29 is 4.79 Å².